The number of ether oxygens (including phenoxy) is 4. The quantitative estimate of drug-likeness (QED) is 0.462. The number of ketones is 1. The van der Waals surface area contributed by atoms with Crippen molar-refractivity contribution < 1.29 is 33.3 Å². The topological polar surface area (TPSA) is 88.1 Å². The number of hydrogen-bond acceptors (Lipinski definition) is 7. The van der Waals surface area contributed by atoms with E-state index >= 15 is 0 Å². The Morgan fingerprint density at radius 3 is 2.25 bits per heavy atom. The standard InChI is InChI=1S/C13H12O7/c1-7(14)19-13(20-8(2)15)12(16)9-3-4-10-11(5-9)18-6-17-10/h3-5,13H,6H2,1-2H3. The Bertz CT molecular complexity index is 548. The molecule has 20 heavy (non-hydrogen) atoms. The molecule has 0 spiro atoms. The zero-order valence-electron chi connectivity index (χ0n) is 10.9. The van der Waals surface area contributed by atoms with Crippen molar-refractivity contribution in [3.8, 4) is 11.5 Å². The molecular weight excluding hydrogens is 268 g/mol. The van der Waals surface area contributed by atoms with E-state index in [4.69, 9.17) is 18.9 Å². The number of carbonyl (C=O) groups is 3. The van der Waals surface area contributed by atoms with Crippen LogP contribution in [0.3, 0.4) is 0 Å². The number of hydrogen-bond donors (Lipinski definition) is 0. The van der Waals surface area contributed by atoms with Gasteiger partial charge >= 0.3 is 18.2 Å². The Kier molecular flexibility index (Phi) is 3.88. The van der Waals surface area contributed by atoms with Gasteiger partial charge in [-0.2, -0.15) is 0 Å². The molecule has 7 nitrogen and oxygen atoms in total. The normalized spacial score (nSPS) is 12.2. The lowest BCUT2D eigenvalue weighted by Gasteiger charge is -2.15. The molecule has 7 heteroatoms. The van der Waals surface area contributed by atoms with Gasteiger partial charge in [-0.25, -0.2) is 0 Å². The molecule has 1 aliphatic rings. The third kappa shape index (κ3) is 3.05. The average Bonchev–Trinajstić information content (AvgIpc) is 2.83. The maximum atomic E-state index is 12.2. The molecule has 1 aromatic rings. The average molecular weight is 280 g/mol. The summed E-state index contributed by atoms with van der Waals surface area (Å²) >= 11 is 0. The molecule has 0 aliphatic carbocycles. The third-order valence-corrected chi connectivity index (χ3v) is 2.42. The van der Waals surface area contributed by atoms with Gasteiger partial charge in [0.15, 0.2) is 11.5 Å². The van der Waals surface area contributed by atoms with Crippen molar-refractivity contribution >= 4 is 17.7 Å². The second-order valence-corrected chi connectivity index (χ2v) is 3.98. The number of esters is 2. The largest absolute Gasteiger partial charge is 0.454 e. The van der Waals surface area contributed by atoms with Crippen molar-refractivity contribution in [3.05, 3.63) is 23.8 Å². The highest BCUT2D eigenvalue weighted by Crippen LogP contribution is 2.32. The van der Waals surface area contributed by atoms with Gasteiger partial charge in [0.25, 0.3) is 0 Å². The highest BCUT2D eigenvalue weighted by atomic mass is 16.7. The van der Waals surface area contributed by atoms with Crippen molar-refractivity contribution in [1.29, 1.82) is 0 Å². The Balaban J connectivity index is 2.22. The molecule has 0 amide bonds. The molecule has 0 aromatic heterocycles. The van der Waals surface area contributed by atoms with E-state index in [2.05, 4.69) is 0 Å². The summed E-state index contributed by atoms with van der Waals surface area (Å²) in [6.07, 6.45) is -1.61. The van der Waals surface area contributed by atoms with Crippen LogP contribution in [0.25, 0.3) is 0 Å². The van der Waals surface area contributed by atoms with Gasteiger partial charge in [0.1, 0.15) is 0 Å². The van der Waals surface area contributed by atoms with Gasteiger partial charge in [-0.15, -0.1) is 0 Å². The summed E-state index contributed by atoms with van der Waals surface area (Å²) in [6.45, 7) is 2.30. The van der Waals surface area contributed by atoms with Crippen LogP contribution in [-0.2, 0) is 19.1 Å². The summed E-state index contributed by atoms with van der Waals surface area (Å²) < 4.78 is 19.6. The first kappa shape index (κ1) is 13.9. The zero-order chi connectivity index (χ0) is 14.7. The van der Waals surface area contributed by atoms with Crippen molar-refractivity contribution in [2.45, 2.75) is 20.1 Å². The molecule has 0 unspecified atom stereocenters. The summed E-state index contributed by atoms with van der Waals surface area (Å²) in [5.41, 5.74) is 0.182. The number of benzene rings is 1. The lowest BCUT2D eigenvalue weighted by molar-refractivity contribution is -0.176. The Morgan fingerprint density at radius 1 is 1.05 bits per heavy atom. The summed E-state index contributed by atoms with van der Waals surface area (Å²) in [5, 5.41) is 0. The molecule has 0 fully saturated rings. The molecule has 1 aliphatic heterocycles. The second kappa shape index (κ2) is 5.60. The first-order valence-corrected chi connectivity index (χ1v) is 5.75. The van der Waals surface area contributed by atoms with Gasteiger partial charge in [-0.1, -0.05) is 0 Å². The van der Waals surface area contributed by atoms with Crippen molar-refractivity contribution in [2.75, 3.05) is 6.79 Å². The highest BCUT2D eigenvalue weighted by Gasteiger charge is 2.27. The molecular formula is C13H12O7. The van der Waals surface area contributed by atoms with Crippen LogP contribution in [-0.4, -0.2) is 30.8 Å². The lowest BCUT2D eigenvalue weighted by Crippen LogP contribution is -2.31. The molecule has 1 heterocycles. The lowest BCUT2D eigenvalue weighted by atomic mass is 10.1. The molecule has 1 aromatic carbocycles. The molecule has 0 saturated carbocycles. The Hall–Kier alpha value is -2.57. The van der Waals surface area contributed by atoms with Crippen LogP contribution in [0.5, 0.6) is 11.5 Å². The number of Topliss-reactive ketones (excluding diaryl/α,β-unsaturated/α-hetero) is 1. The molecule has 0 saturated heterocycles. The van der Waals surface area contributed by atoms with E-state index in [1.165, 1.54) is 12.1 Å². The predicted octanol–water partition coefficient (Wildman–Crippen LogP) is 1.05. The van der Waals surface area contributed by atoms with E-state index in [0.29, 0.717) is 11.5 Å². The number of rotatable bonds is 4. The van der Waals surface area contributed by atoms with Gasteiger partial charge in [-0.05, 0) is 18.2 Å². The minimum Gasteiger partial charge on any atom is -0.454 e. The Morgan fingerprint density at radius 2 is 1.65 bits per heavy atom. The highest BCUT2D eigenvalue weighted by molar-refractivity contribution is 6.00. The van der Waals surface area contributed by atoms with Gasteiger partial charge in [-0.3, -0.25) is 14.4 Å². The zero-order valence-corrected chi connectivity index (χ0v) is 10.9. The summed E-state index contributed by atoms with van der Waals surface area (Å²) in [6, 6.07) is 4.45. The van der Waals surface area contributed by atoms with Gasteiger partial charge in [0, 0.05) is 19.4 Å². The van der Waals surface area contributed by atoms with Crippen LogP contribution in [0.1, 0.15) is 24.2 Å². The monoisotopic (exact) mass is 280 g/mol. The van der Waals surface area contributed by atoms with Crippen molar-refractivity contribution in [3.63, 3.8) is 0 Å². The fraction of sp³-hybridized carbons (Fsp3) is 0.308. The van der Waals surface area contributed by atoms with Crippen LogP contribution >= 0.6 is 0 Å². The second-order valence-electron chi connectivity index (χ2n) is 3.98. The smallest absolute Gasteiger partial charge is 0.310 e. The summed E-state index contributed by atoms with van der Waals surface area (Å²) in [5.74, 6) is -1.21. The predicted molar refractivity (Wildman–Crippen MR) is 64.2 cm³/mol. The molecule has 0 bridgehead atoms. The van der Waals surface area contributed by atoms with Crippen molar-refractivity contribution in [1.82, 2.24) is 0 Å². The number of fused-ring (bicyclic) bond motifs is 1. The van der Waals surface area contributed by atoms with Crippen LogP contribution in [0.4, 0.5) is 0 Å². The van der Waals surface area contributed by atoms with E-state index in [1.54, 1.807) is 6.07 Å². The van der Waals surface area contributed by atoms with Gasteiger partial charge in [0.2, 0.25) is 12.6 Å². The minimum absolute atomic E-state index is 0.0737. The maximum absolute atomic E-state index is 12.2. The molecule has 2 rings (SSSR count). The van der Waals surface area contributed by atoms with Crippen LogP contribution in [0, 0.1) is 0 Å². The number of carbonyl (C=O) groups excluding carboxylic acids is 3. The van der Waals surface area contributed by atoms with E-state index in [9.17, 15) is 14.4 Å². The van der Waals surface area contributed by atoms with Crippen LogP contribution in [0.2, 0.25) is 0 Å². The minimum atomic E-state index is -1.61. The molecule has 0 atom stereocenters. The summed E-state index contributed by atoms with van der Waals surface area (Å²) in [7, 11) is 0. The fourth-order valence-electron chi connectivity index (χ4n) is 1.62. The van der Waals surface area contributed by atoms with E-state index in [1.807, 2.05) is 0 Å². The SMILES string of the molecule is CC(=O)OC(OC(C)=O)C(=O)c1ccc2c(c1)OCO2. The molecule has 0 radical (unpaired) electrons. The molecule has 106 valence electrons. The van der Waals surface area contributed by atoms with Crippen LogP contribution in [0.15, 0.2) is 18.2 Å². The first-order chi connectivity index (χ1) is 9.47. The first-order valence-electron chi connectivity index (χ1n) is 5.75. The van der Waals surface area contributed by atoms with Crippen LogP contribution < -0.4 is 9.47 Å². The third-order valence-electron chi connectivity index (χ3n) is 2.42. The van der Waals surface area contributed by atoms with E-state index in [0.717, 1.165) is 13.8 Å². The molecule has 0 N–H and O–H groups in total. The van der Waals surface area contributed by atoms with Gasteiger partial charge < -0.3 is 18.9 Å². The van der Waals surface area contributed by atoms with E-state index in [-0.39, 0.29) is 12.4 Å². The Labute approximate surface area is 114 Å². The maximum Gasteiger partial charge on any atom is 0.310 e. The van der Waals surface area contributed by atoms with E-state index < -0.39 is 24.0 Å². The van der Waals surface area contributed by atoms with Crippen molar-refractivity contribution in [2.24, 2.45) is 0 Å². The van der Waals surface area contributed by atoms with Gasteiger partial charge in [0.05, 0.1) is 0 Å². The summed E-state index contributed by atoms with van der Waals surface area (Å²) in [4.78, 5) is 34.1. The fourth-order valence-corrected chi connectivity index (χ4v) is 1.62.